The van der Waals surface area contributed by atoms with Crippen molar-refractivity contribution >= 4 is 22.9 Å². The number of fused-ring (bicyclic) bond motifs is 2. The number of halogens is 1. The molecule has 0 bridgehead atoms. The first-order valence-electron chi connectivity index (χ1n) is 8.56. The first-order chi connectivity index (χ1) is 12.0. The summed E-state index contributed by atoms with van der Waals surface area (Å²) in [6.45, 7) is 2.91. The Morgan fingerprint density at radius 3 is 2.96 bits per heavy atom. The highest BCUT2D eigenvalue weighted by Crippen LogP contribution is 2.50. The number of aromatic hydroxyl groups is 1. The summed E-state index contributed by atoms with van der Waals surface area (Å²) in [4.78, 5) is 1.27. The van der Waals surface area contributed by atoms with Crippen LogP contribution >= 0.6 is 22.9 Å². The van der Waals surface area contributed by atoms with Crippen molar-refractivity contribution in [2.75, 3.05) is 13.7 Å². The van der Waals surface area contributed by atoms with Gasteiger partial charge in [-0.25, -0.2) is 0 Å². The lowest BCUT2D eigenvalue weighted by atomic mass is 9.78. The molecule has 2 N–H and O–H groups in total. The second-order valence-electron chi connectivity index (χ2n) is 6.99. The molecule has 1 spiro atoms. The van der Waals surface area contributed by atoms with Crippen LogP contribution in [0.25, 0.3) is 0 Å². The van der Waals surface area contributed by atoms with Crippen LogP contribution < -0.4 is 10.1 Å². The third-order valence-corrected chi connectivity index (χ3v) is 6.64. The third kappa shape index (κ3) is 3.14. The average molecular weight is 380 g/mol. The smallest absolute Gasteiger partial charge is 0.122 e. The van der Waals surface area contributed by atoms with Crippen LogP contribution in [0.4, 0.5) is 0 Å². The van der Waals surface area contributed by atoms with E-state index in [2.05, 4.69) is 18.3 Å². The minimum absolute atomic E-state index is 0.0802. The molecule has 0 saturated carbocycles. The molecule has 3 heterocycles. The quantitative estimate of drug-likeness (QED) is 0.812. The summed E-state index contributed by atoms with van der Waals surface area (Å²) in [5.41, 5.74) is 2.03. The van der Waals surface area contributed by atoms with Gasteiger partial charge in [0.15, 0.2) is 0 Å². The number of phenols is 1. The first kappa shape index (κ1) is 17.2. The summed E-state index contributed by atoms with van der Waals surface area (Å²) in [6, 6.07) is 7.87. The molecule has 25 heavy (non-hydrogen) atoms. The Bertz CT molecular complexity index is 793. The molecule has 3 atom stereocenters. The molecule has 0 unspecified atom stereocenters. The summed E-state index contributed by atoms with van der Waals surface area (Å²) >= 11 is 7.95. The van der Waals surface area contributed by atoms with Crippen LogP contribution in [0.2, 0.25) is 4.34 Å². The van der Waals surface area contributed by atoms with Crippen LogP contribution in [0, 0.1) is 0 Å². The zero-order chi connectivity index (χ0) is 17.6. The molecule has 2 aliphatic rings. The molecular formula is C19H22ClNO3S. The highest BCUT2D eigenvalue weighted by atomic mass is 35.5. The van der Waals surface area contributed by atoms with Gasteiger partial charge in [0.1, 0.15) is 17.1 Å². The molecule has 1 aromatic carbocycles. The fourth-order valence-corrected chi connectivity index (χ4v) is 5.66. The standard InChI is InChI=1S/C19H22ClNO3S/c1-11-9-19(18-12(3-4-24-19)7-17(20)25-18)10-16(21-11)13-5-14(22)8-15(6-13)23-2/h5-8,11,16,21-22H,3-4,9-10H2,1-2H3/t11-,16-,19-/m0/s1. The second-order valence-corrected chi connectivity index (χ2v) is 8.67. The summed E-state index contributed by atoms with van der Waals surface area (Å²) in [5.74, 6) is 0.876. The molecule has 2 aliphatic heterocycles. The molecule has 2 aromatic rings. The number of rotatable bonds is 2. The molecule has 1 saturated heterocycles. The zero-order valence-electron chi connectivity index (χ0n) is 14.3. The molecular weight excluding hydrogens is 358 g/mol. The largest absolute Gasteiger partial charge is 0.508 e. The number of ether oxygens (including phenoxy) is 2. The topological polar surface area (TPSA) is 50.7 Å². The van der Waals surface area contributed by atoms with E-state index in [0.29, 0.717) is 11.8 Å². The Hall–Kier alpha value is -1.27. The summed E-state index contributed by atoms with van der Waals surface area (Å²) in [5, 5.41) is 13.7. The van der Waals surface area contributed by atoms with Crippen LogP contribution in [0.15, 0.2) is 24.3 Å². The van der Waals surface area contributed by atoms with Gasteiger partial charge in [-0.1, -0.05) is 11.6 Å². The van der Waals surface area contributed by atoms with E-state index in [4.69, 9.17) is 21.1 Å². The van der Waals surface area contributed by atoms with Crippen molar-refractivity contribution in [1.29, 1.82) is 0 Å². The Balaban J connectivity index is 1.72. The van der Waals surface area contributed by atoms with Crippen molar-refractivity contribution in [2.24, 2.45) is 0 Å². The van der Waals surface area contributed by atoms with Gasteiger partial charge in [-0.3, -0.25) is 0 Å². The minimum Gasteiger partial charge on any atom is -0.508 e. The van der Waals surface area contributed by atoms with E-state index < -0.39 is 0 Å². The monoisotopic (exact) mass is 379 g/mol. The van der Waals surface area contributed by atoms with E-state index in [1.807, 2.05) is 6.07 Å². The number of thiophene rings is 1. The lowest BCUT2D eigenvalue weighted by Crippen LogP contribution is -2.49. The molecule has 1 fully saturated rings. The molecule has 0 aliphatic carbocycles. The molecule has 4 nitrogen and oxygen atoms in total. The highest BCUT2D eigenvalue weighted by molar-refractivity contribution is 7.16. The van der Waals surface area contributed by atoms with Crippen LogP contribution in [-0.2, 0) is 16.8 Å². The number of benzene rings is 1. The maximum Gasteiger partial charge on any atom is 0.122 e. The van der Waals surface area contributed by atoms with Crippen molar-refractivity contribution in [1.82, 2.24) is 5.32 Å². The van der Waals surface area contributed by atoms with E-state index in [1.165, 1.54) is 10.4 Å². The normalized spacial score (nSPS) is 28.8. The lowest BCUT2D eigenvalue weighted by molar-refractivity contribution is -0.0954. The summed E-state index contributed by atoms with van der Waals surface area (Å²) < 4.78 is 12.5. The van der Waals surface area contributed by atoms with Gasteiger partial charge < -0.3 is 19.9 Å². The van der Waals surface area contributed by atoms with Crippen molar-refractivity contribution in [2.45, 2.75) is 43.9 Å². The molecule has 134 valence electrons. The minimum atomic E-state index is -0.306. The van der Waals surface area contributed by atoms with Crippen molar-refractivity contribution in [3.05, 3.63) is 44.6 Å². The maximum atomic E-state index is 10.0. The van der Waals surface area contributed by atoms with E-state index in [1.54, 1.807) is 30.6 Å². The molecule has 6 heteroatoms. The highest BCUT2D eigenvalue weighted by Gasteiger charge is 2.46. The lowest BCUT2D eigenvalue weighted by Gasteiger charge is -2.46. The van der Waals surface area contributed by atoms with Gasteiger partial charge in [-0.15, -0.1) is 11.3 Å². The van der Waals surface area contributed by atoms with Gasteiger partial charge in [0, 0.05) is 29.4 Å². The predicted molar refractivity (Wildman–Crippen MR) is 99.9 cm³/mol. The van der Waals surface area contributed by atoms with Crippen LogP contribution in [-0.4, -0.2) is 24.9 Å². The van der Waals surface area contributed by atoms with Gasteiger partial charge in [0.05, 0.1) is 18.1 Å². The molecule has 1 aromatic heterocycles. The second kappa shape index (κ2) is 6.47. The Kier molecular flexibility index (Phi) is 4.44. The zero-order valence-corrected chi connectivity index (χ0v) is 15.9. The number of phenolic OH excluding ortho intramolecular Hbond substituents is 1. The Labute approximate surface area is 156 Å². The molecule has 0 radical (unpaired) electrons. The van der Waals surface area contributed by atoms with Gasteiger partial charge in [0.2, 0.25) is 0 Å². The van der Waals surface area contributed by atoms with Gasteiger partial charge in [-0.2, -0.15) is 0 Å². The average Bonchev–Trinajstić information content (AvgIpc) is 2.96. The van der Waals surface area contributed by atoms with Crippen LogP contribution in [0.1, 0.15) is 41.8 Å². The van der Waals surface area contributed by atoms with Gasteiger partial charge in [-0.05, 0) is 49.1 Å². The van der Waals surface area contributed by atoms with Crippen LogP contribution in [0.5, 0.6) is 11.5 Å². The number of piperidine rings is 1. The number of nitrogens with one attached hydrogen (secondary N) is 1. The van der Waals surface area contributed by atoms with Crippen LogP contribution in [0.3, 0.4) is 0 Å². The van der Waals surface area contributed by atoms with E-state index in [9.17, 15) is 5.11 Å². The first-order valence-corrected chi connectivity index (χ1v) is 9.75. The number of hydrogen-bond acceptors (Lipinski definition) is 5. The predicted octanol–water partition coefficient (Wildman–Crippen LogP) is 4.40. The Morgan fingerprint density at radius 1 is 1.32 bits per heavy atom. The van der Waals surface area contributed by atoms with E-state index in [-0.39, 0.29) is 17.4 Å². The fourth-order valence-electron chi connectivity index (χ4n) is 4.20. The summed E-state index contributed by atoms with van der Waals surface area (Å²) in [6.07, 6.45) is 2.66. The number of hydrogen-bond donors (Lipinski definition) is 2. The molecule has 0 amide bonds. The SMILES string of the molecule is COc1cc(O)cc([C@@H]2C[C@]3(C[C@H](C)N2)OCCc2cc(Cl)sc23)c1. The third-order valence-electron chi connectivity index (χ3n) is 5.15. The van der Waals surface area contributed by atoms with Gasteiger partial charge >= 0.3 is 0 Å². The summed E-state index contributed by atoms with van der Waals surface area (Å²) in [7, 11) is 1.61. The van der Waals surface area contributed by atoms with Crippen molar-refractivity contribution < 1.29 is 14.6 Å². The van der Waals surface area contributed by atoms with Crippen molar-refractivity contribution in [3.63, 3.8) is 0 Å². The fraction of sp³-hybridized carbons (Fsp3) is 0.474. The maximum absolute atomic E-state index is 10.0. The van der Waals surface area contributed by atoms with E-state index in [0.717, 1.165) is 35.8 Å². The molecule has 4 rings (SSSR count). The Morgan fingerprint density at radius 2 is 2.16 bits per heavy atom. The van der Waals surface area contributed by atoms with Gasteiger partial charge in [0.25, 0.3) is 0 Å². The van der Waals surface area contributed by atoms with E-state index >= 15 is 0 Å². The van der Waals surface area contributed by atoms with Crippen molar-refractivity contribution in [3.8, 4) is 11.5 Å². The number of methoxy groups -OCH3 is 1.